The minimum absolute atomic E-state index is 0.157. The number of rotatable bonds is 5. The molecule has 0 bridgehead atoms. The smallest absolute Gasteiger partial charge is 0.123 e. The molecule has 1 saturated heterocycles. The first-order valence-corrected chi connectivity index (χ1v) is 7.62. The van der Waals surface area contributed by atoms with Crippen LogP contribution in [-0.2, 0) is 4.74 Å². The second kappa shape index (κ2) is 6.59. The number of hydrogen-bond donors (Lipinski definition) is 1. The second-order valence-corrected chi connectivity index (χ2v) is 5.85. The average molecular weight is 277 g/mol. The molecule has 0 aliphatic carbocycles. The summed E-state index contributed by atoms with van der Waals surface area (Å²) in [6.45, 7) is 8.26. The molecule has 1 heterocycles. The fraction of sp³-hybridized carbons (Fsp3) is 0.647. The van der Waals surface area contributed by atoms with Crippen LogP contribution in [0.15, 0.2) is 18.2 Å². The van der Waals surface area contributed by atoms with Crippen LogP contribution >= 0.6 is 0 Å². The maximum Gasteiger partial charge on any atom is 0.123 e. The van der Waals surface area contributed by atoms with Gasteiger partial charge >= 0.3 is 0 Å². The van der Waals surface area contributed by atoms with Crippen molar-refractivity contribution in [3.8, 4) is 5.75 Å². The molecular weight excluding hydrogens is 250 g/mol. The van der Waals surface area contributed by atoms with Gasteiger partial charge in [0, 0.05) is 12.2 Å². The summed E-state index contributed by atoms with van der Waals surface area (Å²) in [4.78, 5) is 0. The third-order valence-corrected chi connectivity index (χ3v) is 4.21. The lowest BCUT2D eigenvalue weighted by Gasteiger charge is -2.41. The van der Waals surface area contributed by atoms with Crippen LogP contribution in [0.5, 0.6) is 5.75 Å². The van der Waals surface area contributed by atoms with Crippen LogP contribution < -0.4 is 10.1 Å². The van der Waals surface area contributed by atoms with Crippen molar-refractivity contribution in [1.29, 1.82) is 0 Å². The number of methoxy groups -OCH3 is 1. The van der Waals surface area contributed by atoms with Crippen molar-refractivity contribution in [2.45, 2.75) is 51.7 Å². The average Bonchev–Trinajstić information content (AvgIpc) is 2.45. The fourth-order valence-electron chi connectivity index (χ4n) is 3.12. The van der Waals surface area contributed by atoms with E-state index < -0.39 is 0 Å². The van der Waals surface area contributed by atoms with Crippen LogP contribution in [0.1, 0.15) is 50.3 Å². The Morgan fingerprint density at radius 3 is 2.80 bits per heavy atom. The molecular formula is C17H27NO2. The molecule has 3 nitrogen and oxygen atoms in total. The van der Waals surface area contributed by atoms with Crippen LogP contribution in [0.4, 0.5) is 0 Å². The summed E-state index contributed by atoms with van der Waals surface area (Å²) in [6, 6.07) is 6.54. The van der Waals surface area contributed by atoms with Gasteiger partial charge in [0.05, 0.1) is 18.8 Å². The predicted octanol–water partition coefficient (Wildman–Crippen LogP) is 3.61. The highest BCUT2D eigenvalue weighted by Gasteiger charge is 2.38. The topological polar surface area (TPSA) is 30.5 Å². The molecule has 1 aromatic rings. The van der Waals surface area contributed by atoms with Gasteiger partial charge in [-0.25, -0.2) is 0 Å². The molecule has 1 aliphatic heterocycles. The summed E-state index contributed by atoms with van der Waals surface area (Å²) in [5.74, 6) is 0.942. The van der Waals surface area contributed by atoms with Crippen molar-refractivity contribution in [1.82, 2.24) is 5.32 Å². The summed E-state index contributed by atoms with van der Waals surface area (Å²) in [6.07, 6.45) is 3.48. The van der Waals surface area contributed by atoms with Gasteiger partial charge in [-0.1, -0.05) is 24.6 Å². The van der Waals surface area contributed by atoms with E-state index in [0.717, 1.165) is 25.3 Å². The Morgan fingerprint density at radius 1 is 1.40 bits per heavy atom. The van der Waals surface area contributed by atoms with E-state index in [2.05, 4.69) is 44.3 Å². The predicted molar refractivity (Wildman–Crippen MR) is 82.4 cm³/mol. The van der Waals surface area contributed by atoms with Crippen LogP contribution in [0, 0.1) is 6.92 Å². The van der Waals surface area contributed by atoms with Gasteiger partial charge in [0.2, 0.25) is 0 Å². The summed E-state index contributed by atoms with van der Waals surface area (Å²) in [7, 11) is 1.74. The van der Waals surface area contributed by atoms with Crippen LogP contribution in [-0.4, -0.2) is 25.9 Å². The number of aryl methyl sites for hydroxylation is 1. The van der Waals surface area contributed by atoms with Gasteiger partial charge in [-0.05, 0) is 45.7 Å². The van der Waals surface area contributed by atoms with Crippen molar-refractivity contribution < 1.29 is 9.47 Å². The van der Waals surface area contributed by atoms with E-state index >= 15 is 0 Å². The van der Waals surface area contributed by atoms with Gasteiger partial charge in [-0.3, -0.25) is 0 Å². The minimum Gasteiger partial charge on any atom is -0.496 e. The Hall–Kier alpha value is -1.06. The van der Waals surface area contributed by atoms with E-state index in [1.54, 1.807) is 7.11 Å². The summed E-state index contributed by atoms with van der Waals surface area (Å²) in [5, 5.41) is 3.61. The highest BCUT2D eigenvalue weighted by molar-refractivity contribution is 5.40. The van der Waals surface area contributed by atoms with Crippen molar-refractivity contribution in [2.24, 2.45) is 0 Å². The zero-order valence-electron chi connectivity index (χ0n) is 13.2. The molecule has 0 amide bonds. The summed E-state index contributed by atoms with van der Waals surface area (Å²) < 4.78 is 11.7. The molecule has 112 valence electrons. The standard InChI is InChI=1S/C17H27NO2/c1-5-18-16(17(3)10-6-7-11-20-17)14-12-13(2)8-9-15(14)19-4/h8-9,12,16,18H,5-7,10-11H2,1-4H3. The fourth-order valence-corrected chi connectivity index (χ4v) is 3.12. The number of hydrogen-bond acceptors (Lipinski definition) is 3. The maximum atomic E-state index is 6.16. The Bertz CT molecular complexity index is 439. The van der Waals surface area contributed by atoms with E-state index in [0.29, 0.717) is 0 Å². The molecule has 20 heavy (non-hydrogen) atoms. The minimum atomic E-state index is -0.157. The monoisotopic (exact) mass is 277 g/mol. The zero-order valence-corrected chi connectivity index (χ0v) is 13.2. The molecule has 1 N–H and O–H groups in total. The van der Waals surface area contributed by atoms with E-state index in [1.807, 2.05) is 0 Å². The SMILES string of the molecule is CCNC(c1cc(C)ccc1OC)C1(C)CCCCO1. The van der Waals surface area contributed by atoms with Crippen LogP contribution in [0.3, 0.4) is 0 Å². The van der Waals surface area contributed by atoms with E-state index in [-0.39, 0.29) is 11.6 Å². The molecule has 0 radical (unpaired) electrons. The van der Waals surface area contributed by atoms with Gasteiger partial charge in [0.25, 0.3) is 0 Å². The summed E-state index contributed by atoms with van der Waals surface area (Å²) >= 11 is 0. The van der Waals surface area contributed by atoms with Gasteiger partial charge < -0.3 is 14.8 Å². The molecule has 1 fully saturated rings. The molecule has 2 rings (SSSR count). The lowest BCUT2D eigenvalue weighted by molar-refractivity contribution is -0.0898. The highest BCUT2D eigenvalue weighted by atomic mass is 16.5. The number of nitrogens with one attached hydrogen (secondary N) is 1. The number of likely N-dealkylation sites (N-methyl/N-ethyl adjacent to an activating group) is 1. The molecule has 0 saturated carbocycles. The van der Waals surface area contributed by atoms with Crippen molar-refractivity contribution >= 4 is 0 Å². The highest BCUT2D eigenvalue weighted by Crippen LogP contribution is 2.40. The van der Waals surface area contributed by atoms with E-state index in [1.165, 1.54) is 24.0 Å². The van der Waals surface area contributed by atoms with Crippen molar-refractivity contribution in [3.05, 3.63) is 29.3 Å². The van der Waals surface area contributed by atoms with Crippen LogP contribution in [0.2, 0.25) is 0 Å². The zero-order chi connectivity index (χ0) is 14.6. The van der Waals surface area contributed by atoms with Crippen molar-refractivity contribution in [3.63, 3.8) is 0 Å². The first kappa shape index (κ1) is 15.3. The molecule has 3 heteroatoms. The number of ether oxygens (including phenoxy) is 2. The van der Waals surface area contributed by atoms with Gasteiger partial charge in [-0.2, -0.15) is 0 Å². The first-order valence-electron chi connectivity index (χ1n) is 7.62. The number of benzene rings is 1. The Kier molecular flexibility index (Phi) is 5.06. The lowest BCUT2D eigenvalue weighted by Crippen LogP contribution is -2.46. The summed E-state index contributed by atoms with van der Waals surface area (Å²) in [5.41, 5.74) is 2.30. The molecule has 2 unspecified atom stereocenters. The Labute approximate surface area is 122 Å². The van der Waals surface area contributed by atoms with Crippen molar-refractivity contribution in [2.75, 3.05) is 20.3 Å². The molecule has 2 atom stereocenters. The first-order chi connectivity index (χ1) is 9.60. The largest absolute Gasteiger partial charge is 0.496 e. The Balaban J connectivity index is 2.39. The normalized spacial score (nSPS) is 24.4. The Morgan fingerprint density at radius 2 is 2.20 bits per heavy atom. The van der Waals surface area contributed by atoms with Gasteiger partial charge in [0.15, 0.2) is 0 Å². The molecule has 1 aliphatic rings. The molecule has 1 aromatic carbocycles. The van der Waals surface area contributed by atoms with Gasteiger partial charge in [0.1, 0.15) is 5.75 Å². The van der Waals surface area contributed by atoms with E-state index in [9.17, 15) is 0 Å². The molecule has 0 spiro atoms. The van der Waals surface area contributed by atoms with E-state index in [4.69, 9.17) is 9.47 Å². The second-order valence-electron chi connectivity index (χ2n) is 5.85. The molecule has 0 aromatic heterocycles. The quantitative estimate of drug-likeness (QED) is 0.892. The lowest BCUT2D eigenvalue weighted by atomic mass is 9.83. The third kappa shape index (κ3) is 3.15. The van der Waals surface area contributed by atoms with Gasteiger partial charge in [-0.15, -0.1) is 0 Å². The third-order valence-electron chi connectivity index (χ3n) is 4.21. The van der Waals surface area contributed by atoms with Crippen LogP contribution in [0.25, 0.3) is 0 Å². The maximum absolute atomic E-state index is 6.16.